The number of hydrogen-bond donors (Lipinski definition) is 2. The minimum Gasteiger partial charge on any atom is -0.372 e. The molecular weight excluding hydrogens is 287 g/mol. The van der Waals surface area contributed by atoms with Crippen LogP contribution in [-0.4, -0.2) is 17.0 Å². The summed E-state index contributed by atoms with van der Waals surface area (Å²) < 4.78 is 13.8. The number of hydrogen-bond acceptors (Lipinski definition) is 4. The van der Waals surface area contributed by atoms with E-state index in [0.717, 1.165) is 4.47 Å². The van der Waals surface area contributed by atoms with Gasteiger partial charge in [0.2, 0.25) is 0 Å². The molecule has 2 aromatic rings. The second kappa shape index (κ2) is 5.09. The predicted octanol–water partition coefficient (Wildman–Crippen LogP) is 3.16. The Kier molecular flexibility index (Phi) is 3.53. The van der Waals surface area contributed by atoms with E-state index in [1.54, 1.807) is 25.5 Å². The van der Waals surface area contributed by atoms with Crippen LogP contribution < -0.4 is 10.6 Å². The molecule has 1 aromatic carbocycles. The summed E-state index contributed by atoms with van der Waals surface area (Å²) >= 11 is 3.33. The van der Waals surface area contributed by atoms with E-state index < -0.39 is 0 Å². The van der Waals surface area contributed by atoms with E-state index >= 15 is 0 Å². The van der Waals surface area contributed by atoms with E-state index in [9.17, 15) is 4.39 Å². The molecule has 1 aromatic heterocycles. The molecular formula is C11H10BrFN4. The molecule has 17 heavy (non-hydrogen) atoms. The third-order valence-corrected chi connectivity index (χ3v) is 2.77. The fourth-order valence-electron chi connectivity index (χ4n) is 1.28. The molecule has 0 aliphatic heterocycles. The normalized spacial score (nSPS) is 10.1. The summed E-state index contributed by atoms with van der Waals surface area (Å²) in [6.07, 6.45) is 3.17. The first-order valence-electron chi connectivity index (χ1n) is 4.91. The molecule has 0 aliphatic carbocycles. The van der Waals surface area contributed by atoms with Gasteiger partial charge in [-0.25, -0.2) is 9.37 Å². The standard InChI is InChI=1S/C11H10BrFN4/c1-14-10-5-15-6-11(17-10)16-9-4-7(13)2-3-8(9)12/h2-6H,1H3,(H2,14,16,17). The van der Waals surface area contributed by atoms with Gasteiger partial charge in [0.25, 0.3) is 0 Å². The van der Waals surface area contributed by atoms with Gasteiger partial charge in [-0.3, -0.25) is 4.98 Å². The lowest BCUT2D eigenvalue weighted by Gasteiger charge is -2.08. The van der Waals surface area contributed by atoms with Gasteiger partial charge in [-0.15, -0.1) is 0 Å². The highest BCUT2D eigenvalue weighted by Crippen LogP contribution is 2.25. The summed E-state index contributed by atoms with van der Waals surface area (Å²) in [5, 5.41) is 5.87. The summed E-state index contributed by atoms with van der Waals surface area (Å²) in [5.41, 5.74) is 0.604. The number of halogens is 2. The fourth-order valence-corrected chi connectivity index (χ4v) is 1.62. The van der Waals surface area contributed by atoms with Crippen molar-refractivity contribution >= 4 is 33.3 Å². The van der Waals surface area contributed by atoms with Gasteiger partial charge in [0.1, 0.15) is 11.6 Å². The van der Waals surface area contributed by atoms with Crippen LogP contribution in [0.15, 0.2) is 35.1 Å². The van der Waals surface area contributed by atoms with E-state index in [4.69, 9.17) is 0 Å². The summed E-state index contributed by atoms with van der Waals surface area (Å²) in [4.78, 5) is 8.24. The molecule has 0 saturated heterocycles. The number of anilines is 3. The number of aromatic nitrogens is 2. The van der Waals surface area contributed by atoms with Gasteiger partial charge in [-0.2, -0.15) is 0 Å². The van der Waals surface area contributed by atoms with Crippen molar-refractivity contribution in [1.82, 2.24) is 9.97 Å². The van der Waals surface area contributed by atoms with Crippen LogP contribution in [0.2, 0.25) is 0 Å². The van der Waals surface area contributed by atoms with Crippen LogP contribution in [0.4, 0.5) is 21.7 Å². The topological polar surface area (TPSA) is 49.8 Å². The molecule has 0 radical (unpaired) electrons. The van der Waals surface area contributed by atoms with Gasteiger partial charge in [-0.05, 0) is 34.1 Å². The van der Waals surface area contributed by atoms with E-state index in [1.807, 2.05) is 0 Å². The average molecular weight is 297 g/mol. The van der Waals surface area contributed by atoms with Gasteiger partial charge in [0.05, 0.1) is 18.1 Å². The highest BCUT2D eigenvalue weighted by atomic mass is 79.9. The Morgan fingerprint density at radius 3 is 2.76 bits per heavy atom. The van der Waals surface area contributed by atoms with E-state index in [0.29, 0.717) is 17.3 Å². The average Bonchev–Trinajstić information content (AvgIpc) is 2.34. The van der Waals surface area contributed by atoms with Crippen LogP contribution in [-0.2, 0) is 0 Å². The maximum atomic E-state index is 13.1. The summed E-state index contributed by atoms with van der Waals surface area (Å²) in [7, 11) is 1.76. The second-order valence-electron chi connectivity index (χ2n) is 3.29. The monoisotopic (exact) mass is 296 g/mol. The van der Waals surface area contributed by atoms with Gasteiger partial charge < -0.3 is 10.6 Å². The smallest absolute Gasteiger partial charge is 0.151 e. The summed E-state index contributed by atoms with van der Waals surface area (Å²) in [5.74, 6) is 0.874. The SMILES string of the molecule is CNc1cncc(Nc2cc(F)ccc2Br)n1. The Labute approximate surface area is 106 Å². The van der Waals surface area contributed by atoms with Crippen molar-refractivity contribution < 1.29 is 4.39 Å². The molecule has 2 N–H and O–H groups in total. The van der Waals surface area contributed by atoms with Gasteiger partial charge >= 0.3 is 0 Å². The van der Waals surface area contributed by atoms with Crippen LogP contribution in [0.5, 0.6) is 0 Å². The Hall–Kier alpha value is -1.69. The fraction of sp³-hybridized carbons (Fsp3) is 0.0909. The maximum Gasteiger partial charge on any atom is 0.151 e. The largest absolute Gasteiger partial charge is 0.372 e. The summed E-state index contributed by atoms with van der Waals surface area (Å²) in [6.45, 7) is 0. The van der Waals surface area contributed by atoms with Crippen molar-refractivity contribution in [3.63, 3.8) is 0 Å². The first-order valence-corrected chi connectivity index (χ1v) is 5.70. The highest BCUT2D eigenvalue weighted by Gasteiger charge is 2.03. The van der Waals surface area contributed by atoms with E-state index in [2.05, 4.69) is 36.5 Å². The van der Waals surface area contributed by atoms with Gasteiger partial charge in [-0.1, -0.05) is 0 Å². The predicted molar refractivity (Wildman–Crippen MR) is 69.0 cm³/mol. The second-order valence-corrected chi connectivity index (χ2v) is 4.14. The molecule has 1 heterocycles. The van der Waals surface area contributed by atoms with E-state index in [-0.39, 0.29) is 5.82 Å². The Morgan fingerprint density at radius 1 is 1.24 bits per heavy atom. The van der Waals surface area contributed by atoms with Crippen molar-refractivity contribution in [3.8, 4) is 0 Å². The number of nitrogens with one attached hydrogen (secondary N) is 2. The Balaban J connectivity index is 2.27. The first kappa shape index (κ1) is 11.8. The molecule has 0 bridgehead atoms. The van der Waals surface area contributed by atoms with E-state index in [1.165, 1.54) is 12.1 Å². The zero-order valence-corrected chi connectivity index (χ0v) is 10.6. The Bertz CT molecular complexity index is 533. The van der Waals surface area contributed by atoms with Crippen molar-refractivity contribution in [2.75, 3.05) is 17.7 Å². The zero-order chi connectivity index (χ0) is 12.3. The lowest BCUT2D eigenvalue weighted by Crippen LogP contribution is -1.99. The summed E-state index contributed by atoms with van der Waals surface area (Å²) in [6, 6.07) is 4.40. The molecule has 4 nitrogen and oxygen atoms in total. The Morgan fingerprint density at radius 2 is 2.00 bits per heavy atom. The van der Waals surface area contributed by atoms with Crippen LogP contribution in [0.3, 0.4) is 0 Å². The molecule has 0 spiro atoms. The molecule has 0 aliphatic rings. The maximum absolute atomic E-state index is 13.1. The lowest BCUT2D eigenvalue weighted by molar-refractivity contribution is 0.628. The number of benzene rings is 1. The van der Waals surface area contributed by atoms with Crippen LogP contribution in [0.1, 0.15) is 0 Å². The minimum atomic E-state index is -0.312. The molecule has 0 unspecified atom stereocenters. The first-order chi connectivity index (χ1) is 8.19. The quantitative estimate of drug-likeness (QED) is 0.913. The third kappa shape index (κ3) is 2.91. The van der Waals surface area contributed by atoms with Crippen molar-refractivity contribution in [2.45, 2.75) is 0 Å². The van der Waals surface area contributed by atoms with Gasteiger partial charge in [0.15, 0.2) is 5.82 Å². The lowest BCUT2D eigenvalue weighted by atomic mass is 10.3. The van der Waals surface area contributed by atoms with Crippen molar-refractivity contribution in [3.05, 3.63) is 40.9 Å². The van der Waals surface area contributed by atoms with Crippen LogP contribution in [0.25, 0.3) is 0 Å². The molecule has 2 rings (SSSR count). The highest BCUT2D eigenvalue weighted by molar-refractivity contribution is 9.10. The van der Waals surface area contributed by atoms with Crippen LogP contribution in [0, 0.1) is 5.82 Å². The molecule has 0 atom stereocenters. The van der Waals surface area contributed by atoms with Gasteiger partial charge in [0, 0.05) is 11.5 Å². The third-order valence-electron chi connectivity index (χ3n) is 2.08. The molecule has 6 heteroatoms. The number of rotatable bonds is 3. The zero-order valence-electron chi connectivity index (χ0n) is 9.04. The minimum absolute atomic E-state index is 0.312. The molecule has 88 valence electrons. The number of nitrogens with zero attached hydrogens (tertiary/aromatic N) is 2. The van der Waals surface area contributed by atoms with Crippen molar-refractivity contribution in [1.29, 1.82) is 0 Å². The van der Waals surface area contributed by atoms with Crippen molar-refractivity contribution in [2.24, 2.45) is 0 Å². The molecule has 0 fully saturated rings. The molecule has 0 saturated carbocycles. The molecule has 0 amide bonds. The van der Waals surface area contributed by atoms with Crippen LogP contribution >= 0.6 is 15.9 Å².